The van der Waals surface area contributed by atoms with Crippen LogP contribution in [0.2, 0.25) is 5.02 Å². The van der Waals surface area contributed by atoms with Crippen molar-refractivity contribution < 1.29 is 14.2 Å². The maximum absolute atomic E-state index is 12.8. The molecule has 0 N–H and O–H groups in total. The third-order valence-corrected chi connectivity index (χ3v) is 5.07. The van der Waals surface area contributed by atoms with E-state index in [0.29, 0.717) is 52.0 Å². The molecule has 1 aliphatic rings. The highest BCUT2D eigenvalue weighted by atomic mass is 35.5. The molecule has 0 saturated carbocycles. The lowest BCUT2D eigenvalue weighted by Gasteiger charge is -2.13. The lowest BCUT2D eigenvalue weighted by Crippen LogP contribution is -2.20. The van der Waals surface area contributed by atoms with Gasteiger partial charge < -0.3 is 14.2 Å². The highest BCUT2D eigenvalue weighted by molar-refractivity contribution is 6.31. The Morgan fingerprint density at radius 3 is 2.43 bits per heavy atom. The van der Waals surface area contributed by atoms with E-state index in [2.05, 4.69) is 0 Å². The molecule has 28 heavy (non-hydrogen) atoms. The summed E-state index contributed by atoms with van der Waals surface area (Å²) in [4.78, 5) is 17.5. The van der Waals surface area contributed by atoms with Crippen LogP contribution in [0.5, 0.6) is 17.2 Å². The minimum atomic E-state index is -0.0510. The highest BCUT2D eigenvalue weighted by Gasteiger charge is 2.21. The molecule has 1 aromatic heterocycles. The van der Waals surface area contributed by atoms with Crippen molar-refractivity contribution in [2.45, 2.75) is 13.0 Å². The summed E-state index contributed by atoms with van der Waals surface area (Å²) >= 11 is 6.08. The lowest BCUT2D eigenvalue weighted by atomic mass is 10.1. The molecule has 1 aliphatic heterocycles. The molecule has 3 aromatic rings. The lowest BCUT2D eigenvalue weighted by molar-refractivity contribution is 0.324. The molecule has 0 unspecified atom stereocenters. The molecule has 0 radical (unpaired) electrons. The van der Waals surface area contributed by atoms with Gasteiger partial charge in [0.2, 0.25) is 5.75 Å². The molecule has 6 nitrogen and oxygen atoms in total. The molecule has 0 fully saturated rings. The number of hydrogen-bond acceptors (Lipinski definition) is 5. The molecule has 144 valence electrons. The van der Waals surface area contributed by atoms with Crippen molar-refractivity contribution in [2.24, 2.45) is 0 Å². The van der Waals surface area contributed by atoms with Crippen LogP contribution >= 0.6 is 11.6 Å². The highest BCUT2D eigenvalue weighted by Crippen LogP contribution is 2.39. The quantitative estimate of drug-likeness (QED) is 0.664. The predicted molar refractivity (Wildman–Crippen MR) is 110 cm³/mol. The van der Waals surface area contributed by atoms with Crippen LogP contribution in [0, 0.1) is 0 Å². The monoisotopic (exact) mass is 398 g/mol. The Kier molecular flexibility index (Phi) is 4.73. The van der Waals surface area contributed by atoms with E-state index in [1.54, 1.807) is 44.1 Å². The first-order chi connectivity index (χ1) is 13.5. The zero-order chi connectivity index (χ0) is 19.8. The van der Waals surface area contributed by atoms with Crippen molar-refractivity contribution in [1.29, 1.82) is 0 Å². The summed E-state index contributed by atoms with van der Waals surface area (Å²) in [7, 11) is 4.73. The first kappa shape index (κ1) is 18.4. The SMILES string of the molecule is COc1cc(/C=C2\CCn3c2nc2cc(Cl)ccc2c3=O)cc(OC)c1OC. The van der Waals surface area contributed by atoms with Gasteiger partial charge in [-0.15, -0.1) is 0 Å². The van der Waals surface area contributed by atoms with Gasteiger partial charge in [0.05, 0.1) is 32.2 Å². The summed E-state index contributed by atoms with van der Waals surface area (Å²) in [6.07, 6.45) is 2.70. The topological polar surface area (TPSA) is 62.6 Å². The van der Waals surface area contributed by atoms with Crippen LogP contribution in [0.3, 0.4) is 0 Å². The Morgan fingerprint density at radius 2 is 1.79 bits per heavy atom. The van der Waals surface area contributed by atoms with Gasteiger partial charge in [0.25, 0.3) is 5.56 Å². The van der Waals surface area contributed by atoms with E-state index < -0.39 is 0 Å². The van der Waals surface area contributed by atoms with Gasteiger partial charge in [0, 0.05) is 11.6 Å². The van der Waals surface area contributed by atoms with Gasteiger partial charge in [-0.05, 0) is 54.0 Å². The zero-order valence-corrected chi connectivity index (χ0v) is 16.5. The number of methoxy groups -OCH3 is 3. The number of hydrogen-bond donors (Lipinski definition) is 0. The summed E-state index contributed by atoms with van der Waals surface area (Å²) in [6, 6.07) is 8.89. The van der Waals surface area contributed by atoms with E-state index in [1.807, 2.05) is 18.2 Å². The van der Waals surface area contributed by atoms with E-state index in [0.717, 1.165) is 11.1 Å². The summed E-state index contributed by atoms with van der Waals surface area (Å²) in [5.41, 5.74) is 2.39. The molecular weight excluding hydrogens is 380 g/mol. The summed E-state index contributed by atoms with van der Waals surface area (Å²) in [5, 5.41) is 1.12. The van der Waals surface area contributed by atoms with Crippen LogP contribution in [0.4, 0.5) is 0 Å². The van der Waals surface area contributed by atoms with Gasteiger partial charge in [0.15, 0.2) is 11.5 Å². The fraction of sp³-hybridized carbons (Fsp3) is 0.238. The third kappa shape index (κ3) is 2.99. The van der Waals surface area contributed by atoms with E-state index in [-0.39, 0.29) is 5.56 Å². The van der Waals surface area contributed by atoms with E-state index >= 15 is 0 Å². The van der Waals surface area contributed by atoms with Gasteiger partial charge in [-0.2, -0.15) is 0 Å². The van der Waals surface area contributed by atoms with Crippen molar-refractivity contribution in [2.75, 3.05) is 21.3 Å². The molecule has 0 bridgehead atoms. The second-order valence-electron chi connectivity index (χ2n) is 6.43. The van der Waals surface area contributed by atoms with Crippen LogP contribution in [0.1, 0.15) is 17.8 Å². The van der Waals surface area contributed by atoms with Gasteiger partial charge in [-0.25, -0.2) is 4.98 Å². The molecule has 4 rings (SSSR count). The molecule has 0 amide bonds. The maximum Gasteiger partial charge on any atom is 0.261 e. The Balaban J connectivity index is 1.86. The standard InChI is InChI=1S/C21H19ClN2O4/c1-26-17-9-12(10-18(27-2)19(17)28-3)8-13-6-7-24-20(13)23-16-11-14(22)4-5-15(16)21(24)25/h4-5,8-11H,6-7H2,1-3H3/b13-8+. The third-order valence-electron chi connectivity index (χ3n) is 4.84. The number of fused-ring (bicyclic) bond motifs is 2. The largest absolute Gasteiger partial charge is 0.493 e. The second kappa shape index (κ2) is 7.20. The van der Waals surface area contributed by atoms with Crippen LogP contribution in [0.15, 0.2) is 35.1 Å². The average Bonchev–Trinajstić information content (AvgIpc) is 3.09. The number of nitrogens with zero attached hydrogens (tertiary/aromatic N) is 2. The van der Waals surface area contributed by atoms with Gasteiger partial charge >= 0.3 is 0 Å². The van der Waals surface area contributed by atoms with Crippen molar-refractivity contribution in [1.82, 2.24) is 9.55 Å². The number of ether oxygens (including phenoxy) is 3. The summed E-state index contributed by atoms with van der Waals surface area (Å²) < 4.78 is 17.9. The molecule has 0 atom stereocenters. The molecule has 2 aromatic carbocycles. The number of rotatable bonds is 4. The molecule has 0 spiro atoms. The van der Waals surface area contributed by atoms with Crippen molar-refractivity contribution >= 4 is 34.2 Å². The summed E-state index contributed by atoms with van der Waals surface area (Å²) in [6.45, 7) is 0.593. The van der Waals surface area contributed by atoms with E-state index in [4.69, 9.17) is 30.8 Å². The molecule has 7 heteroatoms. The minimum absolute atomic E-state index is 0.0510. The van der Waals surface area contributed by atoms with E-state index in [1.165, 1.54) is 0 Å². The van der Waals surface area contributed by atoms with Gasteiger partial charge in [0.1, 0.15) is 5.82 Å². The number of allylic oxidation sites excluding steroid dienone is 1. The van der Waals surface area contributed by atoms with Gasteiger partial charge in [-0.3, -0.25) is 9.36 Å². The van der Waals surface area contributed by atoms with Crippen molar-refractivity contribution in [3.05, 3.63) is 57.1 Å². The normalized spacial score (nSPS) is 14.4. The first-order valence-electron chi connectivity index (χ1n) is 8.76. The smallest absolute Gasteiger partial charge is 0.261 e. The number of benzene rings is 2. The molecule has 2 heterocycles. The van der Waals surface area contributed by atoms with Crippen LogP contribution in [-0.2, 0) is 6.54 Å². The van der Waals surface area contributed by atoms with Crippen molar-refractivity contribution in [3.8, 4) is 17.2 Å². The fourth-order valence-electron chi connectivity index (χ4n) is 3.51. The van der Waals surface area contributed by atoms with E-state index in [9.17, 15) is 4.79 Å². The predicted octanol–water partition coefficient (Wildman–Crippen LogP) is 4.02. The number of halogens is 1. The zero-order valence-electron chi connectivity index (χ0n) is 15.8. The Bertz CT molecular complexity index is 1140. The Labute approximate surface area is 166 Å². The Hall–Kier alpha value is -2.99. The fourth-order valence-corrected chi connectivity index (χ4v) is 3.68. The van der Waals surface area contributed by atoms with Crippen LogP contribution in [-0.4, -0.2) is 30.9 Å². The van der Waals surface area contributed by atoms with Crippen LogP contribution in [0.25, 0.3) is 22.6 Å². The molecule has 0 saturated heterocycles. The maximum atomic E-state index is 12.8. The average molecular weight is 399 g/mol. The van der Waals surface area contributed by atoms with Gasteiger partial charge in [-0.1, -0.05) is 11.6 Å². The van der Waals surface area contributed by atoms with Crippen molar-refractivity contribution in [3.63, 3.8) is 0 Å². The van der Waals surface area contributed by atoms with Crippen LogP contribution < -0.4 is 19.8 Å². The molecular formula is C21H19ClN2O4. The Morgan fingerprint density at radius 1 is 1.07 bits per heavy atom. The minimum Gasteiger partial charge on any atom is -0.493 e. The summed E-state index contributed by atoms with van der Waals surface area (Å²) in [5.74, 6) is 2.34. The number of aromatic nitrogens is 2. The molecule has 0 aliphatic carbocycles. The first-order valence-corrected chi connectivity index (χ1v) is 9.14. The second-order valence-corrected chi connectivity index (χ2v) is 6.87.